The zero-order valence-electron chi connectivity index (χ0n) is 19.8. The Balaban J connectivity index is 1.82. The van der Waals surface area contributed by atoms with Crippen molar-refractivity contribution in [2.45, 2.75) is 58.9 Å². The quantitative estimate of drug-likeness (QED) is 0.386. The van der Waals surface area contributed by atoms with Crippen LogP contribution in [0.4, 0.5) is 13.2 Å². The molecule has 3 aromatic rings. The minimum atomic E-state index is -4.78. The second-order valence-corrected chi connectivity index (χ2v) is 9.99. The number of carbonyl (C=O) groups is 1. The number of aromatic nitrogens is 2. The Hall–Kier alpha value is -3.03. The van der Waals surface area contributed by atoms with Crippen LogP contribution in [-0.4, -0.2) is 29.0 Å². The number of esters is 1. The van der Waals surface area contributed by atoms with Crippen molar-refractivity contribution in [3.8, 4) is 5.75 Å². The predicted molar refractivity (Wildman–Crippen MR) is 123 cm³/mol. The molecule has 1 heterocycles. The van der Waals surface area contributed by atoms with Crippen LogP contribution in [0.5, 0.6) is 5.75 Å². The molecule has 0 radical (unpaired) electrons. The van der Waals surface area contributed by atoms with Crippen molar-refractivity contribution in [2.24, 2.45) is 11.3 Å². The molecule has 2 aromatic carbocycles. The highest BCUT2D eigenvalue weighted by atomic mass is 19.4. The van der Waals surface area contributed by atoms with Crippen LogP contribution in [0.3, 0.4) is 0 Å². The maximum absolute atomic E-state index is 13.0. The van der Waals surface area contributed by atoms with E-state index in [1.54, 1.807) is 24.3 Å². The van der Waals surface area contributed by atoms with Crippen LogP contribution in [0.1, 0.15) is 67.8 Å². The molecule has 0 saturated heterocycles. The maximum atomic E-state index is 13.0. The number of hydrogen-bond acceptors (Lipinski definition) is 4. The fraction of sp³-hybridized carbons (Fsp3) is 0.462. The van der Waals surface area contributed by atoms with Gasteiger partial charge in [-0.25, -0.2) is 9.78 Å². The molecule has 182 valence electrons. The number of ether oxygens (including phenoxy) is 2. The van der Waals surface area contributed by atoms with Crippen molar-refractivity contribution in [1.29, 1.82) is 0 Å². The third-order valence-corrected chi connectivity index (χ3v) is 6.46. The number of para-hydroxylation sites is 1. The molecule has 0 bridgehead atoms. The summed E-state index contributed by atoms with van der Waals surface area (Å²) in [6.45, 7) is 6.72. The number of fused-ring (bicyclic) bond motifs is 1. The Bertz CT molecular complexity index is 1200. The van der Waals surface area contributed by atoms with E-state index in [1.807, 2.05) is 6.07 Å². The van der Waals surface area contributed by atoms with Crippen LogP contribution in [0.2, 0.25) is 0 Å². The number of benzene rings is 2. The number of hydrogen-bond donors (Lipinski definition) is 0. The highest BCUT2D eigenvalue weighted by molar-refractivity contribution is 5.93. The third-order valence-electron chi connectivity index (χ3n) is 6.46. The van der Waals surface area contributed by atoms with Gasteiger partial charge in [-0.15, -0.1) is 13.2 Å². The van der Waals surface area contributed by atoms with Gasteiger partial charge >= 0.3 is 12.3 Å². The molecule has 2 atom stereocenters. The summed E-state index contributed by atoms with van der Waals surface area (Å²) >= 11 is 0. The molecule has 0 amide bonds. The lowest BCUT2D eigenvalue weighted by atomic mass is 9.70. The zero-order chi connectivity index (χ0) is 24.7. The van der Waals surface area contributed by atoms with Gasteiger partial charge in [0.1, 0.15) is 11.6 Å². The number of alkyl halides is 3. The van der Waals surface area contributed by atoms with Crippen molar-refractivity contribution in [3.63, 3.8) is 0 Å². The highest BCUT2D eigenvalue weighted by Gasteiger charge is 2.35. The minimum absolute atomic E-state index is 0.124. The lowest BCUT2D eigenvalue weighted by Crippen LogP contribution is -2.30. The van der Waals surface area contributed by atoms with Gasteiger partial charge < -0.3 is 14.0 Å². The molecule has 1 fully saturated rings. The van der Waals surface area contributed by atoms with Crippen molar-refractivity contribution < 1.29 is 27.4 Å². The molecule has 4 rings (SSSR count). The number of methoxy groups -OCH3 is 1. The van der Waals surface area contributed by atoms with Crippen LogP contribution in [0.25, 0.3) is 11.0 Å². The topological polar surface area (TPSA) is 53.4 Å². The van der Waals surface area contributed by atoms with E-state index in [9.17, 15) is 18.0 Å². The first-order valence-electron chi connectivity index (χ1n) is 11.4. The summed E-state index contributed by atoms with van der Waals surface area (Å²) in [4.78, 5) is 16.9. The molecule has 0 N–H and O–H groups in total. The Morgan fingerprint density at radius 3 is 2.59 bits per heavy atom. The Labute approximate surface area is 196 Å². The van der Waals surface area contributed by atoms with Crippen LogP contribution < -0.4 is 4.74 Å². The molecule has 1 aliphatic carbocycles. The van der Waals surface area contributed by atoms with E-state index in [0.29, 0.717) is 28.4 Å². The van der Waals surface area contributed by atoms with Crippen LogP contribution in [0, 0.1) is 11.3 Å². The van der Waals surface area contributed by atoms with Gasteiger partial charge in [0, 0.05) is 18.0 Å². The van der Waals surface area contributed by atoms with Gasteiger partial charge in [-0.2, -0.15) is 0 Å². The largest absolute Gasteiger partial charge is 0.573 e. The molecule has 0 spiro atoms. The summed E-state index contributed by atoms with van der Waals surface area (Å²) in [7, 11) is 1.32. The van der Waals surface area contributed by atoms with E-state index in [1.165, 1.54) is 19.2 Å². The highest BCUT2D eigenvalue weighted by Crippen LogP contribution is 2.45. The van der Waals surface area contributed by atoms with Gasteiger partial charge in [0.05, 0.1) is 23.7 Å². The van der Waals surface area contributed by atoms with E-state index >= 15 is 0 Å². The SMILES string of the molecule is COC(=O)c1ccc2c(c1)nc(Cc1ccccc1OC(F)(F)F)n2[C@@H]1C[C@H](C)CC(C)(C)C1. The average molecular weight is 475 g/mol. The molecule has 34 heavy (non-hydrogen) atoms. The summed E-state index contributed by atoms with van der Waals surface area (Å²) in [5.74, 6) is 0.440. The Morgan fingerprint density at radius 1 is 1.18 bits per heavy atom. The summed E-state index contributed by atoms with van der Waals surface area (Å²) < 4.78 is 50.3. The van der Waals surface area contributed by atoms with Crippen molar-refractivity contribution in [2.75, 3.05) is 7.11 Å². The average Bonchev–Trinajstić information content (AvgIpc) is 3.09. The van der Waals surface area contributed by atoms with E-state index in [-0.39, 0.29) is 23.6 Å². The van der Waals surface area contributed by atoms with Crippen molar-refractivity contribution >= 4 is 17.0 Å². The Morgan fingerprint density at radius 2 is 1.91 bits per heavy atom. The summed E-state index contributed by atoms with van der Waals surface area (Å²) in [5, 5.41) is 0. The lowest BCUT2D eigenvalue weighted by molar-refractivity contribution is -0.274. The number of halogens is 3. The lowest BCUT2D eigenvalue weighted by Gasteiger charge is -2.40. The van der Waals surface area contributed by atoms with Gasteiger partial charge in [0.15, 0.2) is 0 Å². The van der Waals surface area contributed by atoms with E-state index in [0.717, 1.165) is 24.8 Å². The van der Waals surface area contributed by atoms with E-state index < -0.39 is 12.3 Å². The van der Waals surface area contributed by atoms with Gasteiger partial charge in [-0.1, -0.05) is 39.0 Å². The molecule has 0 unspecified atom stereocenters. The molecule has 1 saturated carbocycles. The standard InChI is InChI=1S/C26H29F3N2O3/c1-16-11-19(15-25(2,3)14-16)31-21-10-9-18(24(32)33-4)12-20(21)30-23(31)13-17-7-5-6-8-22(17)34-26(27,28)29/h5-10,12,16,19H,11,13-15H2,1-4H3/t16-,19+/m0/s1. The smallest absolute Gasteiger partial charge is 0.465 e. The minimum Gasteiger partial charge on any atom is -0.465 e. The molecular weight excluding hydrogens is 445 g/mol. The van der Waals surface area contributed by atoms with E-state index in [4.69, 9.17) is 9.72 Å². The molecular formula is C26H29F3N2O3. The fourth-order valence-corrected chi connectivity index (χ4v) is 5.46. The van der Waals surface area contributed by atoms with Crippen LogP contribution in [-0.2, 0) is 11.2 Å². The van der Waals surface area contributed by atoms with Crippen LogP contribution >= 0.6 is 0 Å². The molecule has 0 aliphatic heterocycles. The van der Waals surface area contributed by atoms with Crippen molar-refractivity contribution in [3.05, 3.63) is 59.4 Å². The molecule has 1 aliphatic rings. The summed E-state index contributed by atoms with van der Waals surface area (Å²) in [6, 6.07) is 11.5. The maximum Gasteiger partial charge on any atom is 0.573 e. The third kappa shape index (κ3) is 5.21. The van der Waals surface area contributed by atoms with Gasteiger partial charge in [-0.3, -0.25) is 0 Å². The van der Waals surface area contributed by atoms with Crippen LogP contribution in [0.15, 0.2) is 42.5 Å². The van der Waals surface area contributed by atoms with E-state index in [2.05, 4.69) is 30.1 Å². The molecule has 5 nitrogen and oxygen atoms in total. The summed E-state index contributed by atoms with van der Waals surface area (Å²) in [5.41, 5.74) is 2.37. The first kappa shape index (κ1) is 24.1. The molecule has 1 aromatic heterocycles. The number of rotatable bonds is 5. The van der Waals surface area contributed by atoms with Gasteiger partial charge in [-0.05, 0) is 54.9 Å². The number of imidazole rings is 1. The normalized spacial score (nSPS) is 20.3. The van der Waals surface area contributed by atoms with Crippen molar-refractivity contribution in [1.82, 2.24) is 9.55 Å². The zero-order valence-corrected chi connectivity index (χ0v) is 19.8. The number of carbonyl (C=O) groups excluding carboxylic acids is 1. The second-order valence-electron chi connectivity index (χ2n) is 9.99. The predicted octanol–water partition coefficient (Wildman–Crippen LogP) is 6.70. The number of nitrogens with zero attached hydrogens (tertiary/aromatic N) is 2. The monoisotopic (exact) mass is 474 g/mol. The fourth-order valence-electron chi connectivity index (χ4n) is 5.46. The first-order chi connectivity index (χ1) is 16.0. The Kier molecular flexibility index (Phi) is 6.36. The summed E-state index contributed by atoms with van der Waals surface area (Å²) in [6.07, 6.45) is -1.63. The molecule has 8 heteroatoms. The van der Waals surface area contributed by atoms with Gasteiger partial charge in [0.25, 0.3) is 0 Å². The van der Waals surface area contributed by atoms with Gasteiger partial charge in [0.2, 0.25) is 0 Å². The first-order valence-corrected chi connectivity index (χ1v) is 11.4. The second kappa shape index (κ2) is 8.96.